The molecule has 2 saturated carbocycles. The van der Waals surface area contributed by atoms with Crippen molar-refractivity contribution in [3.05, 3.63) is 23.3 Å². The lowest BCUT2D eigenvalue weighted by atomic mass is 9.43. The van der Waals surface area contributed by atoms with E-state index in [0.717, 1.165) is 37.7 Å². The molecule has 7 aliphatic rings. The largest absolute Gasteiger partial charge is 0.481 e. The van der Waals surface area contributed by atoms with Crippen molar-refractivity contribution in [1.29, 1.82) is 0 Å². The van der Waals surface area contributed by atoms with Crippen LogP contribution in [0.2, 0.25) is 0 Å². The molecule has 4 aliphatic carbocycles. The lowest BCUT2D eigenvalue weighted by Crippen LogP contribution is -2.68. The zero-order valence-electron chi connectivity index (χ0n) is 41.1. The molecule has 3 aliphatic heterocycles. The summed E-state index contributed by atoms with van der Waals surface area (Å²) in [4.78, 5) is 14.0. The summed E-state index contributed by atoms with van der Waals surface area (Å²) in [7, 11) is 0. The number of aliphatic carboxylic acids is 1. The molecular weight excluding hydrogens is 889 g/mol. The highest BCUT2D eigenvalue weighted by atomic mass is 16.8. The van der Waals surface area contributed by atoms with Crippen LogP contribution in [-0.2, 0) is 33.2 Å². The van der Waals surface area contributed by atoms with Gasteiger partial charge in [-0.25, -0.2) is 0 Å². The molecule has 0 aromatic rings. The van der Waals surface area contributed by atoms with Crippen LogP contribution >= 0.6 is 0 Å². The van der Waals surface area contributed by atoms with Gasteiger partial charge in [-0.05, 0) is 104 Å². The van der Waals surface area contributed by atoms with Gasteiger partial charge in [-0.2, -0.15) is 0 Å². The molecule has 0 bridgehead atoms. The Kier molecular flexibility index (Phi) is 15.9. The number of carboxylic acid groups (broad SMARTS) is 1. The van der Waals surface area contributed by atoms with Crippen molar-refractivity contribution in [3.8, 4) is 0 Å². The fourth-order valence-corrected chi connectivity index (χ4v) is 14.2. The minimum absolute atomic E-state index is 0.00367. The highest BCUT2D eigenvalue weighted by molar-refractivity contribution is 5.82. The molecule has 22 atom stereocenters. The number of ether oxygens (including phenoxy) is 6. The first kappa shape index (κ1) is 54.1. The Hall–Kier alpha value is -1.69. The van der Waals surface area contributed by atoms with Crippen LogP contribution in [0.5, 0.6) is 0 Å². The van der Waals surface area contributed by atoms with Gasteiger partial charge in [0.1, 0.15) is 73.2 Å². The molecule has 390 valence electrons. The van der Waals surface area contributed by atoms with Gasteiger partial charge >= 0.3 is 5.97 Å². The van der Waals surface area contributed by atoms with Crippen molar-refractivity contribution >= 4 is 5.97 Å². The van der Waals surface area contributed by atoms with Gasteiger partial charge in [0.25, 0.3) is 0 Å². The molecule has 3 saturated heterocycles. The number of aliphatic hydroxyl groups is 10. The summed E-state index contributed by atoms with van der Waals surface area (Å²) in [5.74, 6) is -0.170. The molecule has 5 fully saturated rings. The predicted octanol–water partition coefficient (Wildman–Crippen LogP) is 1.65. The van der Waals surface area contributed by atoms with E-state index in [2.05, 4.69) is 62.0 Å². The van der Waals surface area contributed by atoms with Crippen molar-refractivity contribution in [2.24, 2.45) is 44.8 Å². The molecule has 11 N–H and O–H groups in total. The van der Waals surface area contributed by atoms with E-state index >= 15 is 0 Å². The van der Waals surface area contributed by atoms with Gasteiger partial charge in [-0.15, -0.1) is 0 Å². The average molecular weight is 971 g/mol. The molecule has 22 unspecified atom stereocenters. The maximum atomic E-state index is 14.0. The number of carbonyl (C=O) groups is 1. The Morgan fingerprint density at radius 2 is 1.21 bits per heavy atom. The number of carboxylic acids is 1. The highest BCUT2D eigenvalue weighted by Crippen LogP contribution is 2.73. The van der Waals surface area contributed by atoms with E-state index in [1.54, 1.807) is 0 Å². The van der Waals surface area contributed by atoms with Crippen LogP contribution in [0.3, 0.4) is 0 Å². The summed E-state index contributed by atoms with van der Waals surface area (Å²) in [6, 6.07) is 0. The standard InChI is InChI=1S/C50H82O18/c1-23(10-11-24(2)46(3,4)5)25-15-19-50(45(61)62)27-12-13-31-47(6,7)32(16-17-48(31,8)26(27)14-18-49(25,50)9)66-44-41(68-43-39(60)37(58)34(55)29(21-52)64-43)40(35(56)30(22-53)65-44)67-42-38(59)36(57)33(54)28(20-51)63-42/h23,25,28-44,51-60H,2,10-22H2,1,3-9H3,(H,61,62). The topological polar surface area (TPSA) is 295 Å². The van der Waals surface area contributed by atoms with Gasteiger partial charge in [0.2, 0.25) is 0 Å². The average Bonchev–Trinajstić information content (AvgIpc) is 3.62. The first-order valence-corrected chi connectivity index (χ1v) is 24.9. The minimum atomic E-state index is -1.92. The van der Waals surface area contributed by atoms with E-state index in [0.29, 0.717) is 38.0 Å². The Bertz CT molecular complexity index is 1830. The Labute approximate surface area is 400 Å². The van der Waals surface area contributed by atoms with E-state index in [1.807, 2.05) is 0 Å². The van der Waals surface area contributed by atoms with E-state index in [4.69, 9.17) is 28.4 Å². The molecule has 18 nitrogen and oxygen atoms in total. The second kappa shape index (κ2) is 20.0. The second-order valence-corrected chi connectivity index (χ2v) is 23.4. The van der Waals surface area contributed by atoms with Crippen molar-refractivity contribution in [2.45, 2.75) is 218 Å². The van der Waals surface area contributed by atoms with Crippen molar-refractivity contribution in [3.63, 3.8) is 0 Å². The third kappa shape index (κ3) is 8.99. The van der Waals surface area contributed by atoms with Gasteiger partial charge in [0.05, 0.1) is 31.3 Å². The van der Waals surface area contributed by atoms with E-state index in [-0.39, 0.29) is 22.7 Å². The van der Waals surface area contributed by atoms with E-state index in [1.165, 1.54) is 11.1 Å². The molecule has 18 heteroatoms. The van der Waals surface area contributed by atoms with Crippen LogP contribution in [0.15, 0.2) is 23.3 Å². The van der Waals surface area contributed by atoms with Crippen LogP contribution in [0.25, 0.3) is 0 Å². The fourth-order valence-electron chi connectivity index (χ4n) is 14.2. The van der Waals surface area contributed by atoms with Gasteiger partial charge in [0, 0.05) is 0 Å². The number of aliphatic hydroxyl groups excluding tert-OH is 10. The number of rotatable bonds is 14. The predicted molar refractivity (Wildman–Crippen MR) is 242 cm³/mol. The first-order chi connectivity index (χ1) is 31.7. The lowest BCUT2D eigenvalue weighted by molar-refractivity contribution is -0.399. The molecule has 7 rings (SSSR count). The first-order valence-electron chi connectivity index (χ1n) is 24.9. The van der Waals surface area contributed by atoms with Crippen LogP contribution < -0.4 is 0 Å². The Morgan fingerprint density at radius 1 is 0.676 bits per heavy atom. The van der Waals surface area contributed by atoms with Gasteiger partial charge < -0.3 is 84.6 Å². The third-order valence-corrected chi connectivity index (χ3v) is 18.6. The van der Waals surface area contributed by atoms with E-state index in [9.17, 15) is 61.0 Å². The maximum Gasteiger partial charge on any atom is 0.314 e. The van der Waals surface area contributed by atoms with Gasteiger partial charge in [0.15, 0.2) is 18.9 Å². The second-order valence-electron chi connectivity index (χ2n) is 23.4. The third-order valence-electron chi connectivity index (χ3n) is 18.6. The zero-order chi connectivity index (χ0) is 50.2. The normalized spacial score (nSPS) is 47.7. The molecule has 0 spiro atoms. The number of fused-ring (bicyclic) bond motifs is 4. The molecule has 0 aromatic heterocycles. The molecule has 0 aromatic carbocycles. The monoisotopic (exact) mass is 971 g/mol. The number of hydrogen-bond donors (Lipinski definition) is 11. The summed E-state index contributed by atoms with van der Waals surface area (Å²) in [6.45, 7) is 19.6. The fraction of sp³-hybridized carbons (Fsp3) is 0.900. The van der Waals surface area contributed by atoms with Gasteiger partial charge in [-0.3, -0.25) is 4.79 Å². The minimum Gasteiger partial charge on any atom is -0.481 e. The van der Waals surface area contributed by atoms with Crippen LogP contribution in [0.4, 0.5) is 0 Å². The van der Waals surface area contributed by atoms with Crippen LogP contribution in [0, 0.1) is 44.8 Å². The number of allylic oxidation sites excluding steroid dienone is 2. The zero-order valence-corrected chi connectivity index (χ0v) is 41.1. The summed E-state index contributed by atoms with van der Waals surface area (Å²) < 4.78 is 36.9. The number of hydrogen-bond acceptors (Lipinski definition) is 17. The SMILES string of the molecule is C=C(CCC(C)C1CCC2(C(=O)O)C3=C(CCC12C)C1(C)CCC(OC2OC(CO)C(O)C(OC4OC(CO)C(O)C(O)C4O)C2OC2OC(CO)C(O)C(O)C2O)C(C)(C)C1CC3)C(C)(C)C. The van der Waals surface area contributed by atoms with Crippen molar-refractivity contribution in [2.75, 3.05) is 19.8 Å². The summed E-state index contributed by atoms with van der Waals surface area (Å²) in [6.07, 6.45) is -18.7. The molecule has 3 heterocycles. The van der Waals surface area contributed by atoms with Crippen LogP contribution in [-0.4, -0.2) is 180 Å². The Morgan fingerprint density at radius 3 is 1.74 bits per heavy atom. The van der Waals surface area contributed by atoms with Gasteiger partial charge in [-0.1, -0.05) is 78.7 Å². The van der Waals surface area contributed by atoms with Crippen molar-refractivity contribution < 1.29 is 89.4 Å². The smallest absolute Gasteiger partial charge is 0.314 e. The van der Waals surface area contributed by atoms with E-state index < -0.39 is 140 Å². The van der Waals surface area contributed by atoms with Crippen molar-refractivity contribution in [1.82, 2.24) is 0 Å². The Balaban J connectivity index is 1.18. The summed E-state index contributed by atoms with van der Waals surface area (Å²) in [5.41, 5.74) is 1.14. The molecule has 0 radical (unpaired) electrons. The quantitative estimate of drug-likeness (QED) is 0.110. The summed E-state index contributed by atoms with van der Waals surface area (Å²) >= 11 is 0. The molecule has 0 amide bonds. The highest BCUT2D eigenvalue weighted by Gasteiger charge is 2.69. The van der Waals surface area contributed by atoms with Crippen LogP contribution in [0.1, 0.15) is 120 Å². The maximum absolute atomic E-state index is 14.0. The molecular formula is C50H82O18. The summed E-state index contributed by atoms with van der Waals surface area (Å²) in [5, 5.41) is 118. The lowest BCUT2D eigenvalue weighted by Gasteiger charge is -2.62. The molecule has 68 heavy (non-hydrogen) atoms.